The smallest absolute Gasteiger partial charge is 0.315 e. The third kappa shape index (κ3) is 5.24. The Morgan fingerprint density at radius 3 is 2.60 bits per heavy atom. The van der Waals surface area contributed by atoms with Crippen molar-refractivity contribution in [1.29, 1.82) is 0 Å². The minimum Gasteiger partial charge on any atom is -0.336 e. The Labute approximate surface area is 122 Å². The Kier molecular flexibility index (Phi) is 5.90. The molecule has 1 aromatic carbocycles. The van der Waals surface area contributed by atoms with E-state index in [0.717, 1.165) is 17.9 Å². The van der Waals surface area contributed by atoms with Crippen LogP contribution in [0.3, 0.4) is 0 Å². The lowest BCUT2D eigenvalue weighted by Crippen LogP contribution is -2.41. The second-order valence-corrected chi connectivity index (χ2v) is 5.95. The fourth-order valence-electron chi connectivity index (χ4n) is 3.03. The third-order valence-electron chi connectivity index (χ3n) is 4.09. The summed E-state index contributed by atoms with van der Waals surface area (Å²) in [7, 11) is 0. The summed E-state index contributed by atoms with van der Waals surface area (Å²) in [6.07, 6.45) is 7.87. The number of amides is 2. The van der Waals surface area contributed by atoms with Crippen LogP contribution in [0.15, 0.2) is 30.3 Å². The molecule has 0 aliphatic heterocycles. The molecule has 2 N–H and O–H groups in total. The molecule has 1 atom stereocenters. The van der Waals surface area contributed by atoms with Crippen LogP contribution in [0, 0.1) is 5.92 Å². The van der Waals surface area contributed by atoms with Gasteiger partial charge in [-0.25, -0.2) is 4.79 Å². The van der Waals surface area contributed by atoms with E-state index in [9.17, 15) is 4.79 Å². The lowest BCUT2D eigenvalue weighted by molar-refractivity contribution is 0.232. The number of hydrogen-bond acceptors (Lipinski definition) is 1. The van der Waals surface area contributed by atoms with E-state index in [0.29, 0.717) is 6.54 Å². The minimum absolute atomic E-state index is 0.0582. The highest BCUT2D eigenvalue weighted by atomic mass is 16.2. The minimum atomic E-state index is -0.0582. The number of carbonyl (C=O) groups is 1. The molecule has 1 aliphatic rings. The van der Waals surface area contributed by atoms with Gasteiger partial charge in [-0.1, -0.05) is 62.4 Å². The predicted octanol–water partition coefficient (Wildman–Crippen LogP) is 3.84. The molecule has 3 heteroatoms. The molecule has 0 aromatic heterocycles. The first kappa shape index (κ1) is 14.9. The van der Waals surface area contributed by atoms with Gasteiger partial charge in [0.05, 0.1) is 0 Å². The molecule has 0 saturated heterocycles. The number of nitrogens with one attached hydrogen (secondary N) is 2. The zero-order valence-corrected chi connectivity index (χ0v) is 12.4. The number of rotatable bonds is 5. The lowest BCUT2D eigenvalue weighted by Gasteiger charge is -2.25. The molecule has 20 heavy (non-hydrogen) atoms. The molecular formula is C17H26N2O. The molecule has 0 heterocycles. The van der Waals surface area contributed by atoms with Gasteiger partial charge < -0.3 is 10.6 Å². The molecule has 0 bridgehead atoms. The number of carbonyl (C=O) groups excluding carboxylic acids is 1. The van der Waals surface area contributed by atoms with Crippen molar-refractivity contribution in [3.63, 3.8) is 0 Å². The summed E-state index contributed by atoms with van der Waals surface area (Å²) in [4.78, 5) is 11.8. The van der Waals surface area contributed by atoms with Crippen molar-refractivity contribution in [3.8, 4) is 0 Å². The van der Waals surface area contributed by atoms with Crippen LogP contribution in [0.5, 0.6) is 0 Å². The predicted molar refractivity (Wildman–Crippen MR) is 82.5 cm³/mol. The second kappa shape index (κ2) is 7.93. The molecule has 0 spiro atoms. The van der Waals surface area contributed by atoms with Gasteiger partial charge in [0.15, 0.2) is 0 Å². The largest absolute Gasteiger partial charge is 0.336 e. The van der Waals surface area contributed by atoms with E-state index < -0.39 is 0 Å². The van der Waals surface area contributed by atoms with Crippen LogP contribution in [0.25, 0.3) is 0 Å². The van der Waals surface area contributed by atoms with E-state index in [4.69, 9.17) is 0 Å². The van der Waals surface area contributed by atoms with Crippen LogP contribution in [0.4, 0.5) is 4.79 Å². The molecule has 1 aromatic rings. The van der Waals surface area contributed by atoms with Crippen molar-refractivity contribution in [2.24, 2.45) is 5.92 Å². The summed E-state index contributed by atoms with van der Waals surface area (Å²) in [5, 5.41) is 5.96. The molecule has 1 aliphatic carbocycles. The van der Waals surface area contributed by atoms with Gasteiger partial charge >= 0.3 is 6.03 Å². The first-order chi connectivity index (χ1) is 9.74. The van der Waals surface area contributed by atoms with Crippen molar-refractivity contribution in [2.45, 2.75) is 58.0 Å². The molecule has 110 valence electrons. The summed E-state index contributed by atoms with van der Waals surface area (Å²) in [6, 6.07) is 10.2. The molecule has 3 nitrogen and oxygen atoms in total. The zero-order valence-electron chi connectivity index (χ0n) is 12.4. The Hall–Kier alpha value is -1.51. The average Bonchev–Trinajstić information content (AvgIpc) is 2.47. The van der Waals surface area contributed by atoms with Gasteiger partial charge in [-0.05, 0) is 24.8 Å². The van der Waals surface area contributed by atoms with Gasteiger partial charge in [0.1, 0.15) is 0 Å². The average molecular weight is 274 g/mol. The van der Waals surface area contributed by atoms with Gasteiger partial charge in [0, 0.05) is 12.6 Å². The quantitative estimate of drug-likeness (QED) is 0.841. The van der Waals surface area contributed by atoms with Gasteiger partial charge in [0.2, 0.25) is 0 Å². The highest BCUT2D eigenvalue weighted by Crippen LogP contribution is 2.27. The van der Waals surface area contributed by atoms with Crippen molar-refractivity contribution < 1.29 is 4.79 Å². The van der Waals surface area contributed by atoms with Gasteiger partial charge in [-0.2, -0.15) is 0 Å². The van der Waals surface area contributed by atoms with Crippen molar-refractivity contribution in [1.82, 2.24) is 10.6 Å². The SMILES string of the molecule is CC(CC1CCCCC1)NC(=O)NCc1ccccc1. The molecule has 0 radical (unpaired) electrons. The van der Waals surface area contributed by atoms with E-state index >= 15 is 0 Å². The maximum absolute atomic E-state index is 11.8. The second-order valence-electron chi connectivity index (χ2n) is 5.95. The highest BCUT2D eigenvalue weighted by molar-refractivity contribution is 5.74. The Balaban J connectivity index is 1.65. The van der Waals surface area contributed by atoms with Crippen LogP contribution in [-0.2, 0) is 6.54 Å². The summed E-state index contributed by atoms with van der Waals surface area (Å²) < 4.78 is 0. The maximum Gasteiger partial charge on any atom is 0.315 e. The van der Waals surface area contributed by atoms with E-state index in [1.165, 1.54) is 32.1 Å². The summed E-state index contributed by atoms with van der Waals surface area (Å²) in [5.74, 6) is 0.799. The molecule has 1 saturated carbocycles. The topological polar surface area (TPSA) is 41.1 Å². The lowest BCUT2D eigenvalue weighted by atomic mass is 9.85. The van der Waals surface area contributed by atoms with Crippen molar-refractivity contribution >= 4 is 6.03 Å². The Morgan fingerprint density at radius 1 is 1.20 bits per heavy atom. The molecule has 2 rings (SSSR count). The fraction of sp³-hybridized carbons (Fsp3) is 0.588. The van der Waals surface area contributed by atoms with Gasteiger partial charge in [0.25, 0.3) is 0 Å². The van der Waals surface area contributed by atoms with Crippen LogP contribution >= 0.6 is 0 Å². The van der Waals surface area contributed by atoms with E-state index in [2.05, 4.69) is 17.6 Å². The normalized spacial score (nSPS) is 17.4. The molecule has 1 unspecified atom stereocenters. The fourth-order valence-corrected chi connectivity index (χ4v) is 3.03. The van der Waals surface area contributed by atoms with Gasteiger partial charge in [-0.15, -0.1) is 0 Å². The van der Waals surface area contributed by atoms with Crippen molar-refractivity contribution in [3.05, 3.63) is 35.9 Å². The summed E-state index contributed by atoms with van der Waals surface area (Å²) >= 11 is 0. The van der Waals surface area contributed by atoms with Crippen LogP contribution in [0.1, 0.15) is 51.0 Å². The first-order valence-corrected chi connectivity index (χ1v) is 7.82. The van der Waals surface area contributed by atoms with Gasteiger partial charge in [-0.3, -0.25) is 0 Å². The molecular weight excluding hydrogens is 248 g/mol. The highest BCUT2D eigenvalue weighted by Gasteiger charge is 2.17. The Bertz CT molecular complexity index is 399. The van der Waals surface area contributed by atoms with E-state index in [-0.39, 0.29) is 12.1 Å². The van der Waals surface area contributed by atoms with Crippen LogP contribution < -0.4 is 10.6 Å². The summed E-state index contributed by atoms with van der Waals surface area (Å²) in [5.41, 5.74) is 1.13. The monoisotopic (exact) mass is 274 g/mol. The molecule has 1 fully saturated rings. The number of hydrogen-bond donors (Lipinski definition) is 2. The number of urea groups is 1. The van der Waals surface area contributed by atoms with E-state index in [1.54, 1.807) is 0 Å². The first-order valence-electron chi connectivity index (χ1n) is 7.82. The number of benzene rings is 1. The molecule has 2 amide bonds. The Morgan fingerprint density at radius 2 is 1.90 bits per heavy atom. The maximum atomic E-state index is 11.8. The van der Waals surface area contributed by atoms with Crippen LogP contribution in [-0.4, -0.2) is 12.1 Å². The summed E-state index contributed by atoms with van der Waals surface area (Å²) in [6.45, 7) is 2.69. The van der Waals surface area contributed by atoms with Crippen molar-refractivity contribution in [2.75, 3.05) is 0 Å². The standard InChI is InChI=1S/C17H26N2O/c1-14(12-15-8-4-2-5-9-15)19-17(20)18-13-16-10-6-3-7-11-16/h3,6-7,10-11,14-15H,2,4-5,8-9,12-13H2,1H3,(H2,18,19,20). The zero-order chi connectivity index (χ0) is 14.2. The third-order valence-corrected chi connectivity index (χ3v) is 4.09. The van der Waals surface area contributed by atoms with Crippen LogP contribution in [0.2, 0.25) is 0 Å². The van der Waals surface area contributed by atoms with E-state index in [1.807, 2.05) is 30.3 Å².